The van der Waals surface area contributed by atoms with Crippen molar-refractivity contribution < 1.29 is 4.39 Å². The predicted molar refractivity (Wildman–Crippen MR) is 128 cm³/mol. The summed E-state index contributed by atoms with van der Waals surface area (Å²) >= 11 is 0. The smallest absolute Gasteiger partial charge is 0.191 e. The lowest BCUT2D eigenvalue weighted by Gasteiger charge is -2.35. The highest BCUT2D eigenvalue weighted by Crippen LogP contribution is 2.23. The summed E-state index contributed by atoms with van der Waals surface area (Å²) in [5, 5.41) is 11.2. The molecule has 0 radical (unpaired) electrons. The third-order valence-electron chi connectivity index (χ3n) is 5.35. The average molecular weight is 514 g/mol. The van der Waals surface area contributed by atoms with Crippen molar-refractivity contribution in [1.82, 2.24) is 20.4 Å². The van der Waals surface area contributed by atoms with Crippen molar-refractivity contribution in [2.45, 2.75) is 38.1 Å². The van der Waals surface area contributed by atoms with Crippen LogP contribution >= 0.6 is 24.0 Å². The second-order valence-electron chi connectivity index (χ2n) is 8.12. The number of guanidine groups is 1. The Morgan fingerprint density at radius 2 is 2.17 bits per heavy atom. The van der Waals surface area contributed by atoms with Crippen LogP contribution in [0.2, 0.25) is 0 Å². The summed E-state index contributed by atoms with van der Waals surface area (Å²) in [5.74, 6) is 0.577. The molecule has 0 bridgehead atoms. The van der Waals surface area contributed by atoms with Crippen LogP contribution in [0.3, 0.4) is 0 Å². The van der Waals surface area contributed by atoms with E-state index in [0.29, 0.717) is 12.6 Å². The summed E-state index contributed by atoms with van der Waals surface area (Å²) in [6, 6.07) is 7.12. The van der Waals surface area contributed by atoms with Gasteiger partial charge in [0.05, 0.1) is 11.9 Å². The number of hydrogen-bond acceptors (Lipinski definition) is 3. The number of piperidine rings is 1. The SMILES string of the molecule is CN=C(NCC(C)(C)c1cccc(F)c1)NC1CCCN(c2cnn(C)c2)C1.I. The molecule has 2 aromatic rings. The van der Waals surface area contributed by atoms with E-state index in [9.17, 15) is 4.39 Å². The summed E-state index contributed by atoms with van der Waals surface area (Å²) < 4.78 is 15.4. The van der Waals surface area contributed by atoms with Gasteiger partial charge in [-0.1, -0.05) is 26.0 Å². The topological polar surface area (TPSA) is 57.5 Å². The van der Waals surface area contributed by atoms with Gasteiger partial charge >= 0.3 is 0 Å². The monoisotopic (exact) mass is 514 g/mol. The van der Waals surface area contributed by atoms with Gasteiger partial charge < -0.3 is 15.5 Å². The normalized spacial score (nSPS) is 17.6. The summed E-state index contributed by atoms with van der Waals surface area (Å²) in [6.45, 7) is 6.83. The fourth-order valence-electron chi connectivity index (χ4n) is 3.61. The molecule has 160 valence electrons. The minimum absolute atomic E-state index is 0. The van der Waals surface area contributed by atoms with Crippen molar-refractivity contribution >= 4 is 35.6 Å². The third-order valence-corrected chi connectivity index (χ3v) is 5.35. The number of rotatable bonds is 5. The molecule has 1 aliphatic heterocycles. The summed E-state index contributed by atoms with van der Waals surface area (Å²) in [7, 11) is 3.72. The minimum atomic E-state index is -0.214. The quantitative estimate of drug-likeness (QED) is 0.366. The second-order valence-corrected chi connectivity index (χ2v) is 8.12. The van der Waals surface area contributed by atoms with Crippen molar-refractivity contribution in [3.05, 3.63) is 48.0 Å². The van der Waals surface area contributed by atoms with Crippen LogP contribution in [-0.2, 0) is 12.5 Å². The Kier molecular flexibility index (Phi) is 8.30. The predicted octanol–water partition coefficient (Wildman–Crippen LogP) is 3.29. The minimum Gasteiger partial charge on any atom is -0.367 e. The molecule has 0 amide bonds. The van der Waals surface area contributed by atoms with Gasteiger partial charge in [-0.25, -0.2) is 4.39 Å². The lowest BCUT2D eigenvalue weighted by atomic mass is 9.84. The van der Waals surface area contributed by atoms with E-state index < -0.39 is 0 Å². The zero-order valence-electron chi connectivity index (χ0n) is 17.7. The number of anilines is 1. The Balaban J connectivity index is 0.00000300. The number of nitrogens with one attached hydrogen (secondary N) is 2. The Bertz CT molecular complexity index is 819. The molecule has 1 aliphatic rings. The zero-order valence-corrected chi connectivity index (χ0v) is 20.0. The number of nitrogens with zero attached hydrogens (tertiary/aromatic N) is 4. The van der Waals surface area contributed by atoms with Crippen LogP contribution in [-0.4, -0.2) is 48.5 Å². The first-order chi connectivity index (χ1) is 13.4. The van der Waals surface area contributed by atoms with Gasteiger partial charge in [-0.3, -0.25) is 9.67 Å². The summed E-state index contributed by atoms with van der Waals surface area (Å²) in [5.41, 5.74) is 1.91. The average Bonchev–Trinajstić information content (AvgIpc) is 3.12. The molecule has 6 nitrogen and oxygen atoms in total. The molecule has 0 aliphatic carbocycles. The number of aromatic nitrogens is 2. The van der Waals surface area contributed by atoms with Gasteiger partial charge in [0.25, 0.3) is 0 Å². The summed E-state index contributed by atoms with van der Waals surface area (Å²) in [4.78, 5) is 6.74. The Hall–Kier alpha value is -1.84. The van der Waals surface area contributed by atoms with Crippen molar-refractivity contribution in [1.29, 1.82) is 0 Å². The lowest BCUT2D eigenvalue weighted by Crippen LogP contribution is -2.52. The van der Waals surface area contributed by atoms with E-state index in [4.69, 9.17) is 0 Å². The standard InChI is InChI=1S/C21H31FN6.HI/c1-21(2,16-7-5-8-17(22)11-16)15-24-20(23-3)26-18-9-6-10-28(13-18)19-12-25-27(4)14-19;/h5,7-8,11-12,14,18H,6,9-10,13,15H2,1-4H3,(H2,23,24,26);1H. The van der Waals surface area contributed by atoms with Crippen molar-refractivity contribution in [2.24, 2.45) is 12.0 Å². The molecule has 1 saturated heterocycles. The third kappa shape index (κ3) is 6.32. The number of benzene rings is 1. The van der Waals surface area contributed by atoms with Crippen molar-refractivity contribution in [3.8, 4) is 0 Å². The molecule has 1 unspecified atom stereocenters. The first kappa shape index (κ1) is 23.4. The van der Waals surface area contributed by atoms with Gasteiger partial charge in [-0.15, -0.1) is 24.0 Å². The van der Waals surface area contributed by atoms with Crippen LogP contribution in [0, 0.1) is 5.82 Å². The molecule has 8 heteroatoms. The van der Waals surface area contributed by atoms with E-state index >= 15 is 0 Å². The first-order valence-electron chi connectivity index (χ1n) is 9.84. The maximum Gasteiger partial charge on any atom is 0.191 e. The molecule has 2 heterocycles. The highest BCUT2D eigenvalue weighted by Gasteiger charge is 2.24. The van der Waals surface area contributed by atoms with Crippen molar-refractivity contribution in [3.63, 3.8) is 0 Å². The lowest BCUT2D eigenvalue weighted by molar-refractivity contribution is 0.459. The fourth-order valence-corrected chi connectivity index (χ4v) is 3.61. The van der Waals surface area contributed by atoms with Crippen LogP contribution in [0.15, 0.2) is 41.7 Å². The molecule has 1 fully saturated rings. The maximum atomic E-state index is 13.6. The van der Waals surface area contributed by atoms with Crippen LogP contribution in [0.1, 0.15) is 32.3 Å². The van der Waals surface area contributed by atoms with E-state index in [-0.39, 0.29) is 35.2 Å². The first-order valence-corrected chi connectivity index (χ1v) is 9.84. The number of halogens is 2. The van der Waals surface area contributed by atoms with Crippen molar-refractivity contribution in [2.75, 3.05) is 31.6 Å². The Labute approximate surface area is 190 Å². The number of aryl methyl sites for hydroxylation is 1. The zero-order chi connectivity index (χ0) is 20.1. The molecular formula is C21H32FIN6. The van der Waals surface area contributed by atoms with Crippen LogP contribution in [0.5, 0.6) is 0 Å². The number of aliphatic imine (C=N–C) groups is 1. The van der Waals surface area contributed by atoms with E-state index in [0.717, 1.165) is 43.1 Å². The molecule has 0 saturated carbocycles. The molecule has 2 N–H and O–H groups in total. The maximum absolute atomic E-state index is 13.6. The molecular weight excluding hydrogens is 482 g/mol. The van der Waals surface area contributed by atoms with Gasteiger partial charge in [-0.05, 0) is 30.5 Å². The van der Waals surface area contributed by atoms with Gasteiger partial charge in [0, 0.05) is 51.4 Å². The Morgan fingerprint density at radius 1 is 1.38 bits per heavy atom. The molecule has 1 aromatic heterocycles. The van der Waals surface area contributed by atoms with E-state index in [1.165, 1.54) is 6.07 Å². The molecule has 1 aromatic carbocycles. The van der Waals surface area contributed by atoms with E-state index in [1.807, 2.05) is 24.0 Å². The highest BCUT2D eigenvalue weighted by molar-refractivity contribution is 14.0. The van der Waals surface area contributed by atoms with Gasteiger partial charge in [-0.2, -0.15) is 5.10 Å². The highest BCUT2D eigenvalue weighted by atomic mass is 127. The fraction of sp³-hybridized carbons (Fsp3) is 0.524. The van der Waals surface area contributed by atoms with Gasteiger partial charge in [0.1, 0.15) is 5.82 Å². The molecule has 1 atom stereocenters. The van der Waals surface area contributed by atoms with E-state index in [1.54, 1.807) is 19.2 Å². The molecule has 3 rings (SSSR count). The Morgan fingerprint density at radius 3 is 2.83 bits per heavy atom. The van der Waals surface area contributed by atoms with Crippen LogP contribution < -0.4 is 15.5 Å². The largest absolute Gasteiger partial charge is 0.367 e. The van der Waals surface area contributed by atoms with Gasteiger partial charge in [0.15, 0.2) is 5.96 Å². The van der Waals surface area contributed by atoms with E-state index in [2.05, 4.69) is 45.7 Å². The second kappa shape index (κ2) is 10.3. The number of hydrogen-bond donors (Lipinski definition) is 2. The van der Waals surface area contributed by atoms with Crippen LogP contribution in [0.4, 0.5) is 10.1 Å². The van der Waals surface area contributed by atoms with Crippen LogP contribution in [0.25, 0.3) is 0 Å². The molecule has 0 spiro atoms. The van der Waals surface area contributed by atoms with Gasteiger partial charge in [0.2, 0.25) is 0 Å². The molecule has 29 heavy (non-hydrogen) atoms. The summed E-state index contributed by atoms with van der Waals surface area (Å²) in [6.07, 6.45) is 6.19.